The van der Waals surface area contributed by atoms with Gasteiger partial charge in [0, 0.05) is 12.5 Å². The van der Waals surface area contributed by atoms with Crippen LogP contribution in [0.3, 0.4) is 0 Å². The molecule has 0 bridgehead atoms. The van der Waals surface area contributed by atoms with E-state index in [0.717, 1.165) is 19.3 Å². The second-order valence-electron chi connectivity index (χ2n) is 4.36. The van der Waals surface area contributed by atoms with Gasteiger partial charge in [0.15, 0.2) is 17.3 Å². The molecule has 0 aromatic heterocycles. The number of hydrogen-bond acceptors (Lipinski definition) is 5. The number of nitrogens with one attached hydrogen (secondary N) is 1. The molecule has 0 radical (unpaired) electrons. The van der Waals surface area contributed by atoms with Crippen molar-refractivity contribution in [3.05, 3.63) is 18.2 Å². The van der Waals surface area contributed by atoms with E-state index in [1.165, 1.54) is 12.1 Å². The van der Waals surface area contributed by atoms with Gasteiger partial charge < -0.3 is 10.2 Å². The second kappa shape index (κ2) is 5.53. The summed E-state index contributed by atoms with van der Waals surface area (Å²) in [6.45, 7) is 0. The summed E-state index contributed by atoms with van der Waals surface area (Å²) in [6.07, 6.45) is 4.22. The average Bonchev–Trinajstić information content (AvgIpc) is 2.56. The molecule has 0 aliphatic heterocycles. The number of hydrogen-bond donors (Lipinski definition) is 3. The van der Waals surface area contributed by atoms with Crippen LogP contribution in [-0.2, 0) is 4.79 Å². The summed E-state index contributed by atoms with van der Waals surface area (Å²) in [7, 11) is 0. The summed E-state index contributed by atoms with van der Waals surface area (Å²) < 4.78 is 0. The molecular weight excluding hydrogens is 232 g/mol. The Balaban J connectivity index is 2.08. The van der Waals surface area contributed by atoms with Gasteiger partial charge in [0.1, 0.15) is 5.71 Å². The largest absolute Gasteiger partial charge is 0.504 e. The summed E-state index contributed by atoms with van der Waals surface area (Å²) in [6, 6.07) is 4.31. The van der Waals surface area contributed by atoms with Crippen molar-refractivity contribution in [3.63, 3.8) is 0 Å². The molecule has 96 valence electrons. The number of aromatic hydroxyl groups is 2. The Morgan fingerprint density at radius 2 is 1.83 bits per heavy atom. The summed E-state index contributed by atoms with van der Waals surface area (Å²) in [4.78, 5) is 11.7. The number of benzene rings is 1. The molecule has 0 amide bonds. The Morgan fingerprint density at radius 1 is 1.06 bits per heavy atom. The maximum atomic E-state index is 11.7. The maximum Gasteiger partial charge on any atom is 0.178 e. The quantitative estimate of drug-likeness (QED) is 0.325. The molecule has 0 atom stereocenters. The molecule has 5 heteroatoms. The van der Waals surface area contributed by atoms with Crippen LogP contribution in [0.1, 0.15) is 32.1 Å². The number of carbonyl (C=O) groups is 1. The zero-order valence-corrected chi connectivity index (χ0v) is 10.0. The van der Waals surface area contributed by atoms with Gasteiger partial charge in [-0.1, -0.05) is 6.42 Å². The van der Waals surface area contributed by atoms with E-state index in [4.69, 9.17) is 0 Å². The number of rotatable bonds is 2. The molecule has 1 aliphatic carbocycles. The molecule has 1 aromatic rings. The molecule has 2 rings (SSSR count). The molecule has 1 saturated carbocycles. The number of ketones is 1. The Kier molecular flexibility index (Phi) is 3.82. The van der Waals surface area contributed by atoms with E-state index in [1.807, 2.05) is 0 Å². The van der Waals surface area contributed by atoms with E-state index in [9.17, 15) is 15.0 Å². The van der Waals surface area contributed by atoms with E-state index in [2.05, 4.69) is 10.5 Å². The van der Waals surface area contributed by atoms with Crippen LogP contribution in [-0.4, -0.2) is 21.7 Å². The fourth-order valence-electron chi connectivity index (χ4n) is 1.88. The van der Waals surface area contributed by atoms with Gasteiger partial charge >= 0.3 is 0 Å². The zero-order chi connectivity index (χ0) is 13.0. The van der Waals surface area contributed by atoms with E-state index in [0.29, 0.717) is 24.2 Å². The highest BCUT2D eigenvalue weighted by molar-refractivity contribution is 6.40. The number of phenols is 2. The van der Waals surface area contributed by atoms with Gasteiger partial charge in [0.05, 0.1) is 5.69 Å². The molecular formula is C13H16N2O3. The highest BCUT2D eigenvalue weighted by atomic mass is 16.3. The van der Waals surface area contributed by atoms with Gasteiger partial charge in [-0.25, -0.2) is 0 Å². The van der Waals surface area contributed by atoms with Crippen LogP contribution >= 0.6 is 0 Å². The molecule has 0 unspecified atom stereocenters. The third kappa shape index (κ3) is 3.00. The molecule has 3 N–H and O–H groups in total. The molecule has 1 aliphatic rings. The monoisotopic (exact) mass is 248 g/mol. The first-order chi connectivity index (χ1) is 8.66. The minimum absolute atomic E-state index is 0.0861. The number of nitrogens with zero attached hydrogens (tertiary/aromatic N) is 1. The number of hydrazone groups is 1. The van der Waals surface area contributed by atoms with E-state index >= 15 is 0 Å². The Morgan fingerprint density at radius 3 is 2.61 bits per heavy atom. The minimum Gasteiger partial charge on any atom is -0.504 e. The third-order valence-electron chi connectivity index (χ3n) is 2.93. The SMILES string of the molecule is O=C1CCCCC/C1=N\Nc1ccc(O)c(O)c1. The van der Waals surface area contributed by atoms with E-state index < -0.39 is 0 Å². The molecule has 1 fully saturated rings. The molecule has 5 nitrogen and oxygen atoms in total. The zero-order valence-electron chi connectivity index (χ0n) is 10.0. The van der Waals surface area contributed by atoms with Gasteiger partial charge in [0.2, 0.25) is 0 Å². The Labute approximate surface area is 105 Å². The van der Waals surface area contributed by atoms with Gasteiger partial charge in [-0.05, 0) is 31.4 Å². The minimum atomic E-state index is -0.215. The fraction of sp³-hybridized carbons (Fsp3) is 0.385. The van der Waals surface area contributed by atoms with Crippen LogP contribution < -0.4 is 5.43 Å². The van der Waals surface area contributed by atoms with Crippen molar-refractivity contribution in [2.24, 2.45) is 5.10 Å². The first-order valence-corrected chi connectivity index (χ1v) is 6.04. The molecule has 0 heterocycles. The van der Waals surface area contributed by atoms with Crippen LogP contribution in [0.4, 0.5) is 5.69 Å². The van der Waals surface area contributed by atoms with Gasteiger partial charge in [-0.2, -0.15) is 5.10 Å². The van der Waals surface area contributed by atoms with Crippen molar-refractivity contribution in [1.29, 1.82) is 0 Å². The third-order valence-corrected chi connectivity index (χ3v) is 2.93. The Hall–Kier alpha value is -2.04. The number of anilines is 1. The molecule has 1 aromatic carbocycles. The summed E-state index contributed by atoms with van der Waals surface area (Å²) in [5.74, 6) is -0.311. The molecule has 0 saturated heterocycles. The van der Waals surface area contributed by atoms with Crippen molar-refractivity contribution in [3.8, 4) is 11.5 Å². The van der Waals surface area contributed by atoms with Crippen molar-refractivity contribution in [2.75, 3.05) is 5.43 Å². The molecule has 18 heavy (non-hydrogen) atoms. The second-order valence-corrected chi connectivity index (χ2v) is 4.36. The lowest BCUT2D eigenvalue weighted by Crippen LogP contribution is -2.13. The van der Waals surface area contributed by atoms with Gasteiger partial charge in [-0.3, -0.25) is 10.2 Å². The smallest absolute Gasteiger partial charge is 0.178 e. The number of carbonyl (C=O) groups excluding carboxylic acids is 1. The van der Waals surface area contributed by atoms with Crippen molar-refractivity contribution >= 4 is 17.2 Å². The summed E-state index contributed by atoms with van der Waals surface area (Å²) in [5.41, 5.74) is 3.83. The topological polar surface area (TPSA) is 81.9 Å². The van der Waals surface area contributed by atoms with Crippen LogP contribution in [0.15, 0.2) is 23.3 Å². The van der Waals surface area contributed by atoms with Gasteiger partial charge in [-0.15, -0.1) is 0 Å². The predicted molar refractivity (Wildman–Crippen MR) is 68.9 cm³/mol. The van der Waals surface area contributed by atoms with Crippen molar-refractivity contribution < 1.29 is 15.0 Å². The summed E-state index contributed by atoms with van der Waals surface area (Å²) in [5, 5.41) is 22.6. The van der Waals surface area contributed by atoms with Crippen LogP contribution in [0, 0.1) is 0 Å². The average molecular weight is 248 g/mol. The van der Waals surface area contributed by atoms with Crippen LogP contribution in [0.2, 0.25) is 0 Å². The lowest BCUT2D eigenvalue weighted by Gasteiger charge is -2.05. The van der Waals surface area contributed by atoms with E-state index in [1.54, 1.807) is 6.07 Å². The maximum absolute atomic E-state index is 11.7. The lowest BCUT2D eigenvalue weighted by molar-refractivity contribution is -0.113. The highest BCUT2D eigenvalue weighted by Gasteiger charge is 2.14. The highest BCUT2D eigenvalue weighted by Crippen LogP contribution is 2.27. The predicted octanol–water partition coefficient (Wildman–Crippen LogP) is 2.40. The van der Waals surface area contributed by atoms with Crippen molar-refractivity contribution in [1.82, 2.24) is 0 Å². The first kappa shape index (κ1) is 12.4. The molecule has 0 spiro atoms. The van der Waals surface area contributed by atoms with E-state index in [-0.39, 0.29) is 17.3 Å². The lowest BCUT2D eigenvalue weighted by atomic mass is 10.1. The van der Waals surface area contributed by atoms with Crippen LogP contribution in [0.5, 0.6) is 11.5 Å². The number of phenolic OH excluding ortho intramolecular Hbond substituents is 2. The first-order valence-electron chi connectivity index (χ1n) is 6.04. The standard InChI is InChI=1S/C13H16N2O3/c16-11-5-3-1-2-4-10(11)15-14-9-6-7-12(17)13(18)8-9/h6-8,14,17-18H,1-5H2/b15-10+. The summed E-state index contributed by atoms with van der Waals surface area (Å²) >= 11 is 0. The Bertz CT molecular complexity index is 483. The van der Waals surface area contributed by atoms with Crippen molar-refractivity contribution in [2.45, 2.75) is 32.1 Å². The van der Waals surface area contributed by atoms with Crippen LogP contribution in [0.25, 0.3) is 0 Å². The number of Topliss-reactive ketones (excluding diaryl/α,β-unsaturated/α-hetero) is 1. The fourth-order valence-corrected chi connectivity index (χ4v) is 1.88. The normalized spacial score (nSPS) is 18.7. The van der Waals surface area contributed by atoms with Gasteiger partial charge in [0.25, 0.3) is 0 Å².